The highest BCUT2D eigenvalue weighted by Gasteiger charge is 2.40. The molecule has 0 spiro atoms. The quantitative estimate of drug-likeness (QED) is 0.186. The maximum Gasteiger partial charge on any atom is 0.164 e. The standard InChI is InChI=1S/C48H32N4O/c1-48(2)38-28-27-36-34-18-10-12-20-40(34)53-44(36)41(38)37-26-25-35-33-17-9-11-19-39(33)52(43(35)42(37)48)32-23-21-31(22-24-32)47-50-45(29-13-5-3-6-14-29)49-46(51-47)30-15-7-4-8-16-30/h3-28H,1-2H3. The zero-order valence-electron chi connectivity index (χ0n) is 29.2. The first-order valence-corrected chi connectivity index (χ1v) is 18.0. The SMILES string of the molecule is CC1(C)c2ccc3c(oc4ccccc43)c2-c2ccc3c4ccccc4n(-c4ccc(-c5nc(-c6ccccc6)nc(-c6ccccc6)n5)cc4)c3c21. The Hall–Kier alpha value is -6.85. The third-order valence-corrected chi connectivity index (χ3v) is 11.0. The highest BCUT2D eigenvalue weighted by atomic mass is 16.3. The molecule has 3 heterocycles. The van der Waals surface area contributed by atoms with E-state index in [-0.39, 0.29) is 5.41 Å². The van der Waals surface area contributed by atoms with Crippen molar-refractivity contribution in [3.8, 4) is 51.0 Å². The maximum absolute atomic E-state index is 6.64. The molecule has 5 heteroatoms. The van der Waals surface area contributed by atoms with E-state index < -0.39 is 0 Å². The second-order valence-corrected chi connectivity index (χ2v) is 14.4. The fraction of sp³-hybridized carbons (Fsp3) is 0.0625. The molecule has 0 fully saturated rings. The number of fused-ring (bicyclic) bond motifs is 11. The van der Waals surface area contributed by atoms with Crippen LogP contribution in [0.4, 0.5) is 0 Å². The van der Waals surface area contributed by atoms with Crippen LogP contribution in [0.15, 0.2) is 162 Å². The van der Waals surface area contributed by atoms with Gasteiger partial charge in [-0.1, -0.05) is 135 Å². The van der Waals surface area contributed by atoms with Crippen LogP contribution in [0, 0.1) is 0 Å². The van der Waals surface area contributed by atoms with E-state index in [1.54, 1.807) is 0 Å². The molecule has 0 saturated heterocycles. The van der Waals surface area contributed by atoms with E-state index in [2.05, 4.69) is 109 Å². The minimum absolute atomic E-state index is 0.268. The summed E-state index contributed by atoms with van der Waals surface area (Å²) in [5, 5.41) is 4.77. The molecule has 0 radical (unpaired) electrons. The summed E-state index contributed by atoms with van der Waals surface area (Å²) >= 11 is 0. The van der Waals surface area contributed by atoms with E-state index in [0.29, 0.717) is 17.5 Å². The van der Waals surface area contributed by atoms with Crippen LogP contribution in [-0.2, 0) is 5.41 Å². The molecular weight excluding hydrogens is 649 g/mol. The summed E-state index contributed by atoms with van der Waals surface area (Å²) in [4.78, 5) is 14.9. The van der Waals surface area contributed by atoms with Gasteiger partial charge in [0.2, 0.25) is 0 Å². The van der Waals surface area contributed by atoms with Gasteiger partial charge in [-0.15, -0.1) is 0 Å². The first-order chi connectivity index (χ1) is 26.0. The Morgan fingerprint density at radius 1 is 0.491 bits per heavy atom. The van der Waals surface area contributed by atoms with Gasteiger partial charge in [-0.3, -0.25) is 0 Å². The number of hydrogen-bond donors (Lipinski definition) is 0. The molecule has 0 atom stereocenters. The average Bonchev–Trinajstić information content (AvgIpc) is 3.84. The molecule has 250 valence electrons. The lowest BCUT2D eigenvalue weighted by atomic mass is 9.81. The number of hydrogen-bond acceptors (Lipinski definition) is 4. The van der Waals surface area contributed by atoms with Gasteiger partial charge in [-0.05, 0) is 53.1 Å². The molecule has 1 aliphatic rings. The molecule has 53 heavy (non-hydrogen) atoms. The van der Waals surface area contributed by atoms with E-state index in [1.165, 1.54) is 44.1 Å². The molecule has 7 aromatic carbocycles. The molecule has 0 aliphatic heterocycles. The van der Waals surface area contributed by atoms with Crippen LogP contribution in [0.25, 0.3) is 94.7 Å². The Kier molecular flexibility index (Phi) is 6.23. The predicted octanol–water partition coefficient (Wildman–Crippen LogP) is 12.2. The first kappa shape index (κ1) is 29.8. The minimum atomic E-state index is -0.268. The molecule has 0 bridgehead atoms. The van der Waals surface area contributed by atoms with Crippen LogP contribution in [0.5, 0.6) is 0 Å². The summed E-state index contributed by atoms with van der Waals surface area (Å²) in [5.74, 6) is 1.94. The molecular formula is C48H32N4O. The van der Waals surface area contributed by atoms with Crippen molar-refractivity contribution in [2.24, 2.45) is 0 Å². The Morgan fingerprint density at radius 3 is 1.74 bits per heavy atom. The van der Waals surface area contributed by atoms with Crippen molar-refractivity contribution in [2.75, 3.05) is 0 Å². The Morgan fingerprint density at radius 2 is 1.06 bits per heavy atom. The molecule has 1 aliphatic carbocycles. The van der Waals surface area contributed by atoms with E-state index in [9.17, 15) is 0 Å². The number of benzene rings is 7. The van der Waals surface area contributed by atoms with Crippen molar-refractivity contribution in [1.29, 1.82) is 0 Å². The number of aromatic nitrogens is 4. The molecule has 0 unspecified atom stereocenters. The Bertz CT molecular complexity index is 3010. The molecule has 0 saturated carbocycles. The Labute approximate surface area is 305 Å². The van der Waals surface area contributed by atoms with Gasteiger partial charge in [0.25, 0.3) is 0 Å². The fourth-order valence-corrected chi connectivity index (χ4v) is 8.58. The zero-order chi connectivity index (χ0) is 35.3. The predicted molar refractivity (Wildman–Crippen MR) is 215 cm³/mol. The summed E-state index contributed by atoms with van der Waals surface area (Å²) in [6, 6.07) is 55.1. The van der Waals surface area contributed by atoms with Gasteiger partial charge in [-0.2, -0.15) is 0 Å². The lowest BCUT2D eigenvalue weighted by molar-refractivity contribution is 0.655. The van der Waals surface area contributed by atoms with Gasteiger partial charge in [-0.25, -0.2) is 15.0 Å². The van der Waals surface area contributed by atoms with Gasteiger partial charge < -0.3 is 8.98 Å². The highest BCUT2D eigenvalue weighted by molar-refractivity contribution is 6.16. The molecule has 10 aromatic rings. The van der Waals surface area contributed by atoms with Gasteiger partial charge >= 0.3 is 0 Å². The summed E-state index contributed by atoms with van der Waals surface area (Å²) < 4.78 is 9.08. The van der Waals surface area contributed by atoms with Crippen LogP contribution in [0.1, 0.15) is 25.0 Å². The van der Waals surface area contributed by atoms with Crippen molar-refractivity contribution in [3.05, 3.63) is 169 Å². The third-order valence-electron chi connectivity index (χ3n) is 11.0. The molecule has 5 nitrogen and oxygen atoms in total. The first-order valence-electron chi connectivity index (χ1n) is 18.0. The highest BCUT2D eigenvalue weighted by Crippen LogP contribution is 2.55. The normalized spacial score (nSPS) is 13.2. The van der Waals surface area contributed by atoms with E-state index in [1.807, 2.05) is 66.7 Å². The van der Waals surface area contributed by atoms with E-state index in [4.69, 9.17) is 19.4 Å². The second kappa shape index (κ2) is 11.1. The van der Waals surface area contributed by atoms with Gasteiger partial charge in [0.15, 0.2) is 17.5 Å². The van der Waals surface area contributed by atoms with Crippen molar-refractivity contribution < 1.29 is 4.42 Å². The summed E-state index contributed by atoms with van der Waals surface area (Å²) in [6.07, 6.45) is 0. The zero-order valence-corrected chi connectivity index (χ0v) is 29.2. The van der Waals surface area contributed by atoms with Crippen molar-refractivity contribution >= 4 is 43.7 Å². The molecule has 3 aromatic heterocycles. The van der Waals surface area contributed by atoms with E-state index >= 15 is 0 Å². The molecule has 0 N–H and O–H groups in total. The van der Waals surface area contributed by atoms with E-state index in [0.717, 1.165) is 44.3 Å². The van der Waals surface area contributed by atoms with Crippen LogP contribution in [0.3, 0.4) is 0 Å². The number of nitrogens with zero attached hydrogens (tertiary/aromatic N) is 4. The fourth-order valence-electron chi connectivity index (χ4n) is 8.58. The number of rotatable bonds is 4. The van der Waals surface area contributed by atoms with Crippen LogP contribution in [0.2, 0.25) is 0 Å². The average molecular weight is 681 g/mol. The van der Waals surface area contributed by atoms with Gasteiger partial charge in [0.1, 0.15) is 11.2 Å². The lowest BCUT2D eigenvalue weighted by Gasteiger charge is -2.23. The molecule has 11 rings (SSSR count). The smallest absolute Gasteiger partial charge is 0.164 e. The summed E-state index contributed by atoms with van der Waals surface area (Å²) in [5.41, 5.74) is 12.9. The van der Waals surface area contributed by atoms with Crippen molar-refractivity contribution in [1.82, 2.24) is 19.5 Å². The van der Waals surface area contributed by atoms with Crippen molar-refractivity contribution in [3.63, 3.8) is 0 Å². The van der Waals surface area contributed by atoms with Gasteiger partial charge in [0, 0.05) is 54.9 Å². The van der Waals surface area contributed by atoms with Crippen LogP contribution < -0.4 is 0 Å². The number of para-hydroxylation sites is 2. The summed E-state index contributed by atoms with van der Waals surface area (Å²) in [6.45, 7) is 4.71. The number of furan rings is 1. The molecule has 0 amide bonds. The van der Waals surface area contributed by atoms with Crippen molar-refractivity contribution in [2.45, 2.75) is 19.3 Å². The van der Waals surface area contributed by atoms with Gasteiger partial charge in [0.05, 0.1) is 11.0 Å². The lowest BCUT2D eigenvalue weighted by Crippen LogP contribution is -2.16. The maximum atomic E-state index is 6.64. The summed E-state index contributed by atoms with van der Waals surface area (Å²) in [7, 11) is 0. The topological polar surface area (TPSA) is 56.7 Å². The largest absolute Gasteiger partial charge is 0.455 e. The van der Waals surface area contributed by atoms with Crippen LogP contribution >= 0.6 is 0 Å². The second-order valence-electron chi connectivity index (χ2n) is 14.4. The monoisotopic (exact) mass is 680 g/mol. The third kappa shape index (κ3) is 4.34. The Balaban J connectivity index is 1.12. The minimum Gasteiger partial charge on any atom is -0.455 e. The van der Waals surface area contributed by atoms with Crippen LogP contribution in [-0.4, -0.2) is 19.5 Å².